The number of rotatable bonds is 4. The Labute approximate surface area is 136 Å². The van der Waals surface area contributed by atoms with Crippen molar-refractivity contribution in [3.8, 4) is 11.7 Å². The van der Waals surface area contributed by atoms with Crippen LogP contribution in [0.1, 0.15) is 0 Å². The average Bonchev–Trinajstić information content (AvgIpc) is 3.13. The molecule has 2 heterocycles. The number of aromatic nitrogens is 2. The Morgan fingerprint density at radius 3 is 2.91 bits per heavy atom. The van der Waals surface area contributed by atoms with E-state index in [1.807, 2.05) is 0 Å². The molecular formula is C14H9BrFN3O4. The molecule has 0 saturated carbocycles. The minimum atomic E-state index is -0.817. The van der Waals surface area contributed by atoms with Crippen molar-refractivity contribution in [3.63, 3.8) is 0 Å². The summed E-state index contributed by atoms with van der Waals surface area (Å²) in [6.45, 7) is -0.418. The lowest BCUT2D eigenvalue weighted by Gasteiger charge is -2.05. The number of furan rings is 1. The van der Waals surface area contributed by atoms with Gasteiger partial charge < -0.3 is 14.2 Å². The third kappa shape index (κ3) is 3.39. The van der Waals surface area contributed by atoms with Gasteiger partial charge in [0.2, 0.25) is 5.91 Å². The summed E-state index contributed by atoms with van der Waals surface area (Å²) in [5.41, 5.74) is 0.000928. The minimum Gasteiger partial charge on any atom is -0.459 e. The molecular weight excluding hydrogens is 373 g/mol. The fraction of sp³-hybridized carbons (Fsp3) is 0.0714. The summed E-state index contributed by atoms with van der Waals surface area (Å²) in [4.78, 5) is 23.6. The molecule has 1 N–H and O–H groups in total. The van der Waals surface area contributed by atoms with Crippen LogP contribution in [-0.2, 0) is 11.3 Å². The molecule has 0 aliphatic rings. The van der Waals surface area contributed by atoms with Gasteiger partial charge in [-0.15, -0.1) is 5.10 Å². The van der Waals surface area contributed by atoms with Crippen LogP contribution in [0, 0.1) is 5.82 Å². The number of anilines is 1. The van der Waals surface area contributed by atoms with Crippen molar-refractivity contribution < 1.29 is 18.0 Å². The quantitative estimate of drug-likeness (QED) is 0.749. The first-order chi connectivity index (χ1) is 11.0. The van der Waals surface area contributed by atoms with Crippen molar-refractivity contribution in [2.45, 2.75) is 6.54 Å². The second-order valence-electron chi connectivity index (χ2n) is 4.48. The average molecular weight is 382 g/mol. The molecule has 2 aromatic heterocycles. The van der Waals surface area contributed by atoms with Crippen molar-refractivity contribution >= 4 is 27.5 Å². The zero-order chi connectivity index (χ0) is 16.4. The molecule has 0 aliphatic carbocycles. The monoisotopic (exact) mass is 381 g/mol. The van der Waals surface area contributed by atoms with Crippen molar-refractivity contribution in [2.75, 3.05) is 5.32 Å². The highest BCUT2D eigenvalue weighted by molar-refractivity contribution is 9.10. The van der Waals surface area contributed by atoms with Crippen LogP contribution in [0.15, 0.2) is 54.7 Å². The maximum absolute atomic E-state index is 13.7. The normalized spacial score (nSPS) is 10.7. The summed E-state index contributed by atoms with van der Waals surface area (Å²) in [5.74, 6) is -1.81. The standard InChI is InChI=1S/C14H9BrFN3O4/c15-8-3-4-10(9(16)6-8)17-12(20)7-19-14(21)23-13(18-19)11-2-1-5-22-11/h1-6H,7H2,(H,17,20). The van der Waals surface area contributed by atoms with Gasteiger partial charge in [-0.1, -0.05) is 15.9 Å². The molecule has 118 valence electrons. The molecule has 0 aliphatic heterocycles. The second kappa shape index (κ2) is 6.21. The van der Waals surface area contributed by atoms with Gasteiger partial charge in [0.05, 0.1) is 12.0 Å². The van der Waals surface area contributed by atoms with E-state index in [0.717, 1.165) is 4.68 Å². The first-order valence-corrected chi connectivity index (χ1v) is 7.19. The molecule has 0 unspecified atom stereocenters. The molecule has 1 amide bonds. The predicted octanol–water partition coefficient (Wildman–Crippen LogP) is 2.64. The van der Waals surface area contributed by atoms with Crippen LogP contribution in [0.2, 0.25) is 0 Å². The third-order valence-electron chi connectivity index (χ3n) is 2.84. The Bertz CT molecular complexity index is 901. The summed E-state index contributed by atoms with van der Waals surface area (Å²) in [6, 6.07) is 7.37. The molecule has 1 aromatic carbocycles. The van der Waals surface area contributed by atoms with Crippen LogP contribution in [0.3, 0.4) is 0 Å². The van der Waals surface area contributed by atoms with E-state index in [1.54, 1.807) is 18.2 Å². The molecule has 0 radical (unpaired) electrons. The van der Waals surface area contributed by atoms with Gasteiger partial charge in [-0.2, -0.15) is 4.68 Å². The van der Waals surface area contributed by atoms with Crippen molar-refractivity contribution in [2.24, 2.45) is 0 Å². The Kier molecular flexibility index (Phi) is 4.11. The number of carbonyl (C=O) groups is 1. The largest absolute Gasteiger partial charge is 0.459 e. The van der Waals surface area contributed by atoms with E-state index < -0.39 is 24.0 Å². The Hall–Kier alpha value is -2.68. The number of amides is 1. The predicted molar refractivity (Wildman–Crippen MR) is 81.2 cm³/mol. The third-order valence-corrected chi connectivity index (χ3v) is 3.33. The smallest absolute Gasteiger partial charge is 0.437 e. The minimum absolute atomic E-state index is 0.000928. The van der Waals surface area contributed by atoms with Gasteiger partial charge in [0, 0.05) is 4.47 Å². The fourth-order valence-corrected chi connectivity index (χ4v) is 2.16. The van der Waals surface area contributed by atoms with Crippen LogP contribution < -0.4 is 11.1 Å². The van der Waals surface area contributed by atoms with E-state index in [-0.39, 0.29) is 17.3 Å². The summed E-state index contributed by atoms with van der Waals surface area (Å²) >= 11 is 3.12. The Balaban J connectivity index is 1.74. The van der Waals surface area contributed by atoms with E-state index in [1.165, 1.54) is 18.4 Å². The molecule has 0 atom stereocenters. The van der Waals surface area contributed by atoms with E-state index >= 15 is 0 Å². The van der Waals surface area contributed by atoms with Gasteiger partial charge in [-0.05, 0) is 30.3 Å². The zero-order valence-corrected chi connectivity index (χ0v) is 13.0. The van der Waals surface area contributed by atoms with Gasteiger partial charge >= 0.3 is 5.76 Å². The fourth-order valence-electron chi connectivity index (χ4n) is 1.82. The van der Waals surface area contributed by atoms with Crippen molar-refractivity contribution in [3.05, 3.63) is 57.4 Å². The number of nitrogens with zero attached hydrogens (tertiary/aromatic N) is 2. The van der Waals surface area contributed by atoms with Crippen molar-refractivity contribution in [1.82, 2.24) is 9.78 Å². The Morgan fingerprint density at radius 1 is 1.39 bits per heavy atom. The highest BCUT2D eigenvalue weighted by Crippen LogP contribution is 2.19. The first-order valence-electron chi connectivity index (χ1n) is 6.39. The first kappa shape index (κ1) is 15.2. The van der Waals surface area contributed by atoms with Gasteiger partial charge in [0.15, 0.2) is 5.76 Å². The highest BCUT2D eigenvalue weighted by atomic mass is 79.9. The second-order valence-corrected chi connectivity index (χ2v) is 5.40. The summed E-state index contributed by atoms with van der Waals surface area (Å²) in [6.07, 6.45) is 1.40. The molecule has 23 heavy (non-hydrogen) atoms. The lowest BCUT2D eigenvalue weighted by molar-refractivity contribution is -0.117. The summed E-state index contributed by atoms with van der Waals surface area (Å²) < 4.78 is 25.0. The highest BCUT2D eigenvalue weighted by Gasteiger charge is 2.15. The van der Waals surface area contributed by atoms with E-state index in [0.29, 0.717) is 4.47 Å². The molecule has 0 spiro atoms. The topological polar surface area (TPSA) is 90.3 Å². The van der Waals surface area contributed by atoms with E-state index in [9.17, 15) is 14.0 Å². The van der Waals surface area contributed by atoms with Crippen LogP contribution in [0.5, 0.6) is 0 Å². The molecule has 9 heteroatoms. The Morgan fingerprint density at radius 2 is 2.22 bits per heavy atom. The maximum Gasteiger partial charge on any atom is 0.437 e. The molecule has 3 aromatic rings. The summed E-state index contributed by atoms with van der Waals surface area (Å²) in [5, 5.41) is 6.21. The van der Waals surface area contributed by atoms with E-state index in [2.05, 4.69) is 26.3 Å². The zero-order valence-electron chi connectivity index (χ0n) is 11.5. The number of halogens is 2. The van der Waals surface area contributed by atoms with E-state index in [4.69, 9.17) is 8.83 Å². The molecule has 7 nitrogen and oxygen atoms in total. The van der Waals surface area contributed by atoms with Crippen LogP contribution >= 0.6 is 15.9 Å². The van der Waals surface area contributed by atoms with Crippen LogP contribution in [-0.4, -0.2) is 15.7 Å². The number of benzene rings is 1. The summed E-state index contributed by atoms with van der Waals surface area (Å²) in [7, 11) is 0. The number of hydrogen-bond acceptors (Lipinski definition) is 5. The van der Waals surface area contributed by atoms with Gasteiger partial charge in [-0.3, -0.25) is 4.79 Å². The SMILES string of the molecule is O=C(Cn1nc(-c2ccco2)oc1=O)Nc1ccc(Br)cc1F. The lowest BCUT2D eigenvalue weighted by atomic mass is 10.3. The molecule has 3 rings (SSSR count). The maximum atomic E-state index is 13.7. The van der Waals surface area contributed by atoms with Gasteiger partial charge in [-0.25, -0.2) is 9.18 Å². The van der Waals surface area contributed by atoms with Crippen molar-refractivity contribution in [1.29, 1.82) is 0 Å². The number of carbonyl (C=O) groups excluding carboxylic acids is 1. The van der Waals surface area contributed by atoms with Crippen LogP contribution in [0.25, 0.3) is 11.7 Å². The van der Waals surface area contributed by atoms with Crippen LogP contribution in [0.4, 0.5) is 10.1 Å². The number of nitrogens with one attached hydrogen (secondary N) is 1. The molecule has 0 saturated heterocycles. The lowest BCUT2D eigenvalue weighted by Crippen LogP contribution is -2.26. The molecule has 0 bridgehead atoms. The molecule has 0 fully saturated rings. The van der Waals surface area contributed by atoms with Gasteiger partial charge in [0.25, 0.3) is 5.89 Å². The van der Waals surface area contributed by atoms with Gasteiger partial charge in [0.1, 0.15) is 12.4 Å². The number of hydrogen-bond donors (Lipinski definition) is 1.